The van der Waals surface area contributed by atoms with E-state index in [9.17, 15) is 43.2 Å². The topological polar surface area (TPSA) is 237 Å². The molecule has 5 atom stereocenters. The average molecular weight is 1230 g/mol. The molecule has 2 unspecified atom stereocenters. The van der Waals surface area contributed by atoms with Gasteiger partial charge in [0, 0.05) is 25.7 Å². The smallest absolute Gasteiger partial charge is 0.462 e. The maximum atomic E-state index is 13.0. The normalized spacial score (nSPS) is 14.2. The highest BCUT2D eigenvalue weighted by Crippen LogP contribution is 2.45. The fourth-order valence-corrected chi connectivity index (χ4v) is 11.2. The van der Waals surface area contributed by atoms with E-state index < -0.39 is 97.5 Å². The number of hydrogen-bond donors (Lipinski definition) is 3. The second kappa shape index (κ2) is 57.8. The average Bonchev–Trinajstić information content (AvgIpc) is 3.46. The van der Waals surface area contributed by atoms with Gasteiger partial charge in [0.1, 0.15) is 19.3 Å². The van der Waals surface area contributed by atoms with Crippen LogP contribution in [0.15, 0.2) is 0 Å². The lowest BCUT2D eigenvalue weighted by Gasteiger charge is -2.21. The van der Waals surface area contributed by atoms with E-state index in [0.29, 0.717) is 25.7 Å². The molecular formula is C64H124O17P2. The van der Waals surface area contributed by atoms with Gasteiger partial charge in [-0.25, -0.2) is 9.13 Å². The van der Waals surface area contributed by atoms with Gasteiger partial charge in [0.15, 0.2) is 12.2 Å². The summed E-state index contributed by atoms with van der Waals surface area (Å²) >= 11 is 0. The molecule has 0 aliphatic carbocycles. The van der Waals surface area contributed by atoms with E-state index in [1.165, 1.54) is 141 Å². The first-order valence-corrected chi connectivity index (χ1v) is 36.6. The predicted octanol–water partition coefficient (Wildman–Crippen LogP) is 17.8. The van der Waals surface area contributed by atoms with Gasteiger partial charge in [-0.1, -0.05) is 272 Å². The second-order valence-corrected chi connectivity index (χ2v) is 26.5. The first kappa shape index (κ1) is 81.1. The highest BCUT2D eigenvalue weighted by Gasteiger charge is 2.30. The van der Waals surface area contributed by atoms with E-state index in [0.717, 1.165) is 102 Å². The molecule has 0 aromatic rings. The first-order valence-electron chi connectivity index (χ1n) is 33.6. The summed E-state index contributed by atoms with van der Waals surface area (Å²) in [6.45, 7) is 7.05. The number of aliphatic hydroxyl groups excluding tert-OH is 1. The molecule has 0 saturated heterocycles. The van der Waals surface area contributed by atoms with E-state index >= 15 is 0 Å². The zero-order valence-electron chi connectivity index (χ0n) is 53.3. The molecule has 17 nitrogen and oxygen atoms in total. The van der Waals surface area contributed by atoms with Crippen molar-refractivity contribution in [2.24, 2.45) is 5.92 Å². The molecule has 0 aliphatic heterocycles. The van der Waals surface area contributed by atoms with Crippen LogP contribution >= 0.6 is 15.6 Å². The summed E-state index contributed by atoms with van der Waals surface area (Å²) < 4.78 is 67.5. The molecule has 0 radical (unpaired) electrons. The lowest BCUT2D eigenvalue weighted by molar-refractivity contribution is -0.161. The Balaban J connectivity index is 5.03. The van der Waals surface area contributed by atoms with Crippen molar-refractivity contribution in [3.63, 3.8) is 0 Å². The summed E-state index contributed by atoms with van der Waals surface area (Å²) in [5.74, 6) is -1.33. The van der Waals surface area contributed by atoms with Gasteiger partial charge >= 0.3 is 39.5 Å². The number of esters is 4. The zero-order chi connectivity index (χ0) is 61.3. The number of phosphoric ester groups is 2. The molecule has 3 N–H and O–H groups in total. The maximum Gasteiger partial charge on any atom is 0.472 e. The molecule has 0 bridgehead atoms. The largest absolute Gasteiger partial charge is 0.472 e. The van der Waals surface area contributed by atoms with Crippen molar-refractivity contribution in [3.8, 4) is 0 Å². The first-order chi connectivity index (χ1) is 40.0. The van der Waals surface area contributed by atoms with Gasteiger partial charge in [0.2, 0.25) is 0 Å². The standard InChI is InChI=1S/C64H124O17P2/c1-6-9-12-15-16-17-18-28-31-34-39-43-48-62(67)75-54-60(81-64(69)50-45-40-35-32-29-26-24-22-20-19-21-23-25-27-30-33-38-41-46-57(4)5)56-79-83(72,73)77-52-58(65)51-76-82(70,71)78-55-59(80-63(68)49-44-37-14-11-8-3)53-74-61(66)47-42-36-13-10-7-2/h57-60,65H,6-56H2,1-5H3,(H,70,71)(H,72,73)/t58-,59+,60+/m0/s1. The van der Waals surface area contributed by atoms with E-state index in [1.54, 1.807) is 0 Å². The number of carbonyl (C=O) groups is 4. The van der Waals surface area contributed by atoms with Gasteiger partial charge < -0.3 is 33.8 Å². The van der Waals surface area contributed by atoms with Gasteiger partial charge in [-0.3, -0.25) is 37.3 Å². The molecule has 0 aromatic carbocycles. The molecule has 0 saturated carbocycles. The van der Waals surface area contributed by atoms with E-state index in [-0.39, 0.29) is 25.7 Å². The molecule has 0 aliphatic rings. The van der Waals surface area contributed by atoms with Gasteiger partial charge in [-0.15, -0.1) is 0 Å². The lowest BCUT2D eigenvalue weighted by Crippen LogP contribution is -2.30. The third-order valence-electron chi connectivity index (χ3n) is 14.8. The number of aliphatic hydroxyl groups is 1. The highest BCUT2D eigenvalue weighted by atomic mass is 31.2. The van der Waals surface area contributed by atoms with Gasteiger partial charge in [-0.05, 0) is 31.6 Å². The lowest BCUT2D eigenvalue weighted by atomic mass is 10.0. The van der Waals surface area contributed by atoms with Crippen molar-refractivity contribution in [2.45, 2.75) is 342 Å². The maximum absolute atomic E-state index is 13.0. The third kappa shape index (κ3) is 58.8. The van der Waals surface area contributed by atoms with Crippen molar-refractivity contribution < 1.29 is 80.2 Å². The zero-order valence-corrected chi connectivity index (χ0v) is 55.1. The number of ether oxygens (including phenoxy) is 4. The molecule has 0 spiro atoms. The molecule has 83 heavy (non-hydrogen) atoms. The fraction of sp³-hybridized carbons (Fsp3) is 0.938. The van der Waals surface area contributed by atoms with Crippen molar-refractivity contribution in [2.75, 3.05) is 39.6 Å². The van der Waals surface area contributed by atoms with Crippen LogP contribution in [0, 0.1) is 5.92 Å². The minimum Gasteiger partial charge on any atom is -0.462 e. The van der Waals surface area contributed by atoms with Crippen LogP contribution in [0.5, 0.6) is 0 Å². The van der Waals surface area contributed by atoms with Crippen LogP contribution in [-0.4, -0.2) is 96.7 Å². The molecule has 0 aromatic heterocycles. The highest BCUT2D eigenvalue weighted by molar-refractivity contribution is 7.47. The molecule has 492 valence electrons. The predicted molar refractivity (Wildman–Crippen MR) is 331 cm³/mol. The summed E-state index contributed by atoms with van der Waals surface area (Å²) in [7, 11) is -9.86. The Morgan fingerprint density at radius 2 is 0.554 bits per heavy atom. The minimum absolute atomic E-state index is 0.0990. The van der Waals surface area contributed by atoms with E-state index in [1.807, 2.05) is 0 Å². The molecule has 0 amide bonds. The van der Waals surface area contributed by atoms with E-state index in [4.69, 9.17) is 37.0 Å². The Bertz CT molecular complexity index is 1620. The van der Waals surface area contributed by atoms with Crippen molar-refractivity contribution in [1.82, 2.24) is 0 Å². The second-order valence-electron chi connectivity index (χ2n) is 23.6. The van der Waals surface area contributed by atoms with Crippen LogP contribution in [0.2, 0.25) is 0 Å². The summed E-state index contributed by atoms with van der Waals surface area (Å²) in [6, 6.07) is 0. The Morgan fingerprint density at radius 3 is 0.819 bits per heavy atom. The van der Waals surface area contributed by atoms with Crippen LogP contribution in [0.1, 0.15) is 324 Å². The number of carbonyl (C=O) groups excluding carboxylic acids is 4. The van der Waals surface area contributed by atoms with Crippen LogP contribution in [0.25, 0.3) is 0 Å². The van der Waals surface area contributed by atoms with Gasteiger partial charge in [0.25, 0.3) is 0 Å². The van der Waals surface area contributed by atoms with Gasteiger partial charge in [-0.2, -0.15) is 0 Å². The third-order valence-corrected chi connectivity index (χ3v) is 16.7. The fourth-order valence-electron chi connectivity index (χ4n) is 9.58. The van der Waals surface area contributed by atoms with Crippen LogP contribution < -0.4 is 0 Å². The molecule has 19 heteroatoms. The van der Waals surface area contributed by atoms with E-state index in [2.05, 4.69) is 34.6 Å². The number of hydrogen-bond acceptors (Lipinski definition) is 15. The van der Waals surface area contributed by atoms with Crippen molar-refractivity contribution in [3.05, 3.63) is 0 Å². The summed E-state index contributed by atoms with van der Waals surface area (Å²) in [4.78, 5) is 71.6. The van der Waals surface area contributed by atoms with Gasteiger partial charge in [0.05, 0.1) is 26.4 Å². The molecule has 0 fully saturated rings. The summed E-state index contributed by atoms with van der Waals surface area (Å²) in [5, 5.41) is 10.5. The minimum atomic E-state index is -4.94. The number of phosphoric acid groups is 2. The van der Waals surface area contributed by atoms with Crippen molar-refractivity contribution in [1.29, 1.82) is 0 Å². The summed E-state index contributed by atoms with van der Waals surface area (Å²) in [6.07, 6.45) is 42.6. The Hall–Kier alpha value is -1.94. The van der Waals surface area contributed by atoms with Crippen molar-refractivity contribution >= 4 is 39.5 Å². The Labute approximate surface area is 505 Å². The SMILES string of the molecule is CCCCCCCCCCCCCCC(=O)OC[C@H](COP(=O)(O)OC[C@@H](O)COP(=O)(O)OC[C@@H](COC(=O)CCCCCCC)OC(=O)CCCCCCC)OC(=O)CCCCCCCCCCCCCCCCCCCCC(C)C. The Morgan fingerprint density at radius 1 is 0.325 bits per heavy atom. The quantitative estimate of drug-likeness (QED) is 0.0222. The summed E-state index contributed by atoms with van der Waals surface area (Å²) in [5.41, 5.74) is 0. The molecular weight excluding hydrogens is 1100 g/mol. The monoisotopic (exact) mass is 1230 g/mol. The van der Waals surface area contributed by atoms with Crippen LogP contribution in [-0.2, 0) is 65.4 Å². The number of rotatable bonds is 64. The van der Waals surface area contributed by atoms with Crippen LogP contribution in [0.4, 0.5) is 0 Å². The Kier molecular flexibility index (Phi) is 56.4. The van der Waals surface area contributed by atoms with Crippen LogP contribution in [0.3, 0.4) is 0 Å². The number of unbranched alkanes of at least 4 members (excludes halogenated alkanes) is 36. The molecule has 0 heterocycles. The molecule has 0 rings (SSSR count).